The molecule has 0 spiro atoms. The predicted molar refractivity (Wildman–Crippen MR) is 86.4 cm³/mol. The Morgan fingerprint density at radius 3 is 2.40 bits per heavy atom. The van der Waals surface area contributed by atoms with Gasteiger partial charge in [0, 0.05) is 32.7 Å². The van der Waals surface area contributed by atoms with Crippen molar-refractivity contribution in [2.24, 2.45) is 5.92 Å². The molecule has 0 aliphatic carbocycles. The van der Waals surface area contributed by atoms with E-state index in [1.807, 2.05) is 4.90 Å². The first-order valence-electron chi connectivity index (χ1n) is 7.54. The minimum atomic E-state index is -4.65. The highest BCUT2D eigenvalue weighted by Gasteiger charge is 2.35. The standard InChI is InChI=1S/C15H17ClF3N3O2S/c1-11(9-20)10-21-4-6-22(7-5-21)25(23,24)14-8-12(15(17,18)19)2-3-13(14)16/h2-3,8,11H,4-7,10H2,1H3/t11-/m1/s1. The number of sulfonamides is 1. The zero-order valence-corrected chi connectivity index (χ0v) is 15.0. The Kier molecular flexibility index (Phi) is 5.99. The fraction of sp³-hybridized carbons (Fsp3) is 0.533. The molecule has 1 fully saturated rings. The van der Waals surface area contributed by atoms with Crippen molar-refractivity contribution >= 4 is 21.6 Å². The van der Waals surface area contributed by atoms with Gasteiger partial charge in [-0.15, -0.1) is 0 Å². The summed E-state index contributed by atoms with van der Waals surface area (Å²) in [5, 5.41) is 8.59. The summed E-state index contributed by atoms with van der Waals surface area (Å²) >= 11 is 5.85. The molecule has 0 radical (unpaired) electrons. The molecule has 0 aromatic heterocycles. The molecule has 1 aliphatic rings. The quantitative estimate of drug-likeness (QED) is 0.786. The molecule has 1 aliphatic heterocycles. The normalized spacial score (nSPS) is 18.7. The molecule has 1 heterocycles. The fourth-order valence-corrected chi connectivity index (χ4v) is 4.52. The van der Waals surface area contributed by atoms with E-state index in [0.29, 0.717) is 25.7 Å². The third-order valence-electron chi connectivity index (χ3n) is 3.96. The Hall–Kier alpha value is -1.34. The molecular formula is C15H17ClF3N3O2S. The van der Waals surface area contributed by atoms with Gasteiger partial charge < -0.3 is 0 Å². The summed E-state index contributed by atoms with van der Waals surface area (Å²) in [5.74, 6) is -0.180. The number of halogens is 4. The van der Waals surface area contributed by atoms with Crippen LogP contribution in [-0.4, -0.2) is 50.3 Å². The zero-order chi connectivity index (χ0) is 18.8. The lowest BCUT2D eigenvalue weighted by atomic mass is 10.2. The molecule has 0 N–H and O–H groups in total. The first kappa shape index (κ1) is 20.0. The number of piperazine rings is 1. The van der Waals surface area contributed by atoms with Gasteiger partial charge >= 0.3 is 6.18 Å². The van der Waals surface area contributed by atoms with Crippen LogP contribution in [-0.2, 0) is 16.2 Å². The van der Waals surface area contributed by atoms with E-state index in [1.54, 1.807) is 6.92 Å². The molecular weight excluding hydrogens is 379 g/mol. The third kappa shape index (κ3) is 4.64. The van der Waals surface area contributed by atoms with Crippen molar-refractivity contribution in [2.75, 3.05) is 32.7 Å². The molecule has 1 atom stereocenters. The molecule has 0 saturated carbocycles. The van der Waals surface area contributed by atoms with E-state index in [-0.39, 0.29) is 24.0 Å². The summed E-state index contributed by atoms with van der Waals surface area (Å²) in [4.78, 5) is 1.41. The summed E-state index contributed by atoms with van der Waals surface area (Å²) in [5.41, 5.74) is -1.06. The minimum absolute atomic E-state index is 0.132. The molecule has 5 nitrogen and oxygen atoms in total. The van der Waals surface area contributed by atoms with Gasteiger partial charge in [-0.05, 0) is 25.1 Å². The summed E-state index contributed by atoms with van der Waals surface area (Å²) in [7, 11) is -4.12. The van der Waals surface area contributed by atoms with Crippen molar-refractivity contribution in [3.8, 4) is 6.07 Å². The summed E-state index contributed by atoms with van der Waals surface area (Å²) in [6.07, 6.45) is -4.65. The van der Waals surface area contributed by atoms with E-state index < -0.39 is 26.7 Å². The van der Waals surface area contributed by atoms with Crippen LogP contribution in [0.2, 0.25) is 5.02 Å². The first-order valence-corrected chi connectivity index (χ1v) is 9.36. The van der Waals surface area contributed by atoms with E-state index in [1.165, 1.54) is 0 Å². The summed E-state index contributed by atoms with van der Waals surface area (Å²) in [6, 6.07) is 4.38. The number of alkyl halides is 3. The third-order valence-corrected chi connectivity index (χ3v) is 6.34. The highest BCUT2D eigenvalue weighted by Crippen LogP contribution is 2.34. The SMILES string of the molecule is C[C@H](C#N)CN1CCN(S(=O)(=O)c2cc(C(F)(F)F)ccc2Cl)CC1. The Balaban J connectivity index is 2.19. The largest absolute Gasteiger partial charge is 0.416 e. The zero-order valence-electron chi connectivity index (χ0n) is 13.4. The van der Waals surface area contributed by atoms with Gasteiger partial charge in [0.1, 0.15) is 4.90 Å². The second kappa shape index (κ2) is 7.50. The number of hydrogen-bond acceptors (Lipinski definition) is 4. The van der Waals surface area contributed by atoms with Crippen LogP contribution in [0.5, 0.6) is 0 Å². The average molecular weight is 396 g/mol. The number of nitriles is 1. The molecule has 25 heavy (non-hydrogen) atoms. The van der Waals surface area contributed by atoms with Crippen molar-refractivity contribution in [1.29, 1.82) is 5.26 Å². The van der Waals surface area contributed by atoms with Gasteiger partial charge in [-0.2, -0.15) is 22.7 Å². The molecule has 2 rings (SSSR count). The number of hydrogen-bond donors (Lipinski definition) is 0. The maximum absolute atomic E-state index is 12.9. The summed E-state index contributed by atoms with van der Waals surface area (Å²) < 4.78 is 65.0. The van der Waals surface area contributed by atoms with Crippen molar-refractivity contribution in [3.63, 3.8) is 0 Å². The topological polar surface area (TPSA) is 64.4 Å². The highest BCUT2D eigenvalue weighted by molar-refractivity contribution is 7.89. The van der Waals surface area contributed by atoms with Crippen LogP contribution in [0.3, 0.4) is 0 Å². The van der Waals surface area contributed by atoms with E-state index in [2.05, 4.69) is 6.07 Å². The average Bonchev–Trinajstić information content (AvgIpc) is 2.54. The van der Waals surface area contributed by atoms with Gasteiger partial charge in [-0.3, -0.25) is 4.90 Å². The van der Waals surface area contributed by atoms with Gasteiger partial charge in [0.15, 0.2) is 0 Å². The van der Waals surface area contributed by atoms with Crippen molar-refractivity contribution < 1.29 is 21.6 Å². The van der Waals surface area contributed by atoms with Crippen LogP contribution in [0.15, 0.2) is 23.1 Å². The molecule has 0 unspecified atom stereocenters. The second-order valence-corrected chi connectivity index (χ2v) is 8.19. The van der Waals surface area contributed by atoms with Crippen LogP contribution in [0.1, 0.15) is 12.5 Å². The highest BCUT2D eigenvalue weighted by atomic mass is 35.5. The number of benzene rings is 1. The molecule has 1 saturated heterocycles. The Labute approximate surface area is 149 Å². The summed E-state index contributed by atoms with van der Waals surface area (Å²) in [6.45, 7) is 3.37. The Morgan fingerprint density at radius 2 is 1.88 bits per heavy atom. The molecule has 1 aromatic carbocycles. The predicted octanol–water partition coefficient (Wildman–Crippen LogP) is 2.82. The van der Waals surface area contributed by atoms with Gasteiger partial charge in [0.05, 0.1) is 22.6 Å². The van der Waals surface area contributed by atoms with Gasteiger partial charge in [0.25, 0.3) is 0 Å². The van der Waals surface area contributed by atoms with Gasteiger partial charge in [0.2, 0.25) is 10.0 Å². The maximum atomic E-state index is 12.9. The smallest absolute Gasteiger partial charge is 0.299 e. The molecule has 138 valence electrons. The van der Waals surface area contributed by atoms with Crippen LogP contribution < -0.4 is 0 Å². The molecule has 10 heteroatoms. The second-order valence-electron chi connectivity index (χ2n) is 5.88. The maximum Gasteiger partial charge on any atom is 0.416 e. The molecule has 0 amide bonds. The van der Waals surface area contributed by atoms with E-state index in [4.69, 9.17) is 16.9 Å². The van der Waals surface area contributed by atoms with Crippen LogP contribution in [0.25, 0.3) is 0 Å². The van der Waals surface area contributed by atoms with Gasteiger partial charge in [-0.1, -0.05) is 11.6 Å². The van der Waals surface area contributed by atoms with E-state index in [0.717, 1.165) is 16.4 Å². The lowest BCUT2D eigenvalue weighted by Crippen LogP contribution is -2.49. The van der Waals surface area contributed by atoms with Crippen molar-refractivity contribution in [2.45, 2.75) is 18.0 Å². The van der Waals surface area contributed by atoms with E-state index >= 15 is 0 Å². The van der Waals surface area contributed by atoms with E-state index in [9.17, 15) is 21.6 Å². The van der Waals surface area contributed by atoms with Gasteiger partial charge in [-0.25, -0.2) is 8.42 Å². The minimum Gasteiger partial charge on any atom is -0.299 e. The van der Waals surface area contributed by atoms with Crippen molar-refractivity contribution in [1.82, 2.24) is 9.21 Å². The molecule has 1 aromatic rings. The lowest BCUT2D eigenvalue weighted by Gasteiger charge is -2.34. The number of rotatable bonds is 4. The van der Waals surface area contributed by atoms with Crippen LogP contribution >= 0.6 is 11.6 Å². The molecule has 0 bridgehead atoms. The fourth-order valence-electron chi connectivity index (χ4n) is 2.60. The monoisotopic (exact) mass is 395 g/mol. The van der Waals surface area contributed by atoms with Crippen LogP contribution in [0.4, 0.5) is 13.2 Å². The Morgan fingerprint density at radius 1 is 1.28 bits per heavy atom. The van der Waals surface area contributed by atoms with Crippen molar-refractivity contribution in [3.05, 3.63) is 28.8 Å². The van der Waals surface area contributed by atoms with Crippen LogP contribution in [0, 0.1) is 17.2 Å². The lowest BCUT2D eigenvalue weighted by molar-refractivity contribution is -0.137. The number of nitrogens with zero attached hydrogens (tertiary/aromatic N) is 3. The Bertz CT molecular complexity index is 769. The first-order chi connectivity index (χ1) is 11.6.